The van der Waals surface area contributed by atoms with Gasteiger partial charge in [-0.25, -0.2) is 4.39 Å². The normalized spacial score (nSPS) is 18.9. The molecule has 1 aliphatic heterocycles. The molecule has 1 fully saturated rings. The molecule has 1 heterocycles. The minimum Gasteiger partial charge on any atom is -0.480 e. The molecule has 120 valence electrons. The highest BCUT2D eigenvalue weighted by molar-refractivity contribution is 5.94. The highest BCUT2D eigenvalue weighted by atomic mass is 19.1. The molecule has 2 rings (SSSR count). The Morgan fingerprint density at radius 2 is 2.18 bits per heavy atom. The lowest BCUT2D eigenvalue weighted by Gasteiger charge is -2.17. The Balaban J connectivity index is 1.85. The number of halogens is 1. The molecular weight excluding hydrogens is 291 g/mol. The van der Waals surface area contributed by atoms with Crippen molar-refractivity contribution in [3.8, 4) is 0 Å². The van der Waals surface area contributed by atoms with Crippen LogP contribution in [0.25, 0.3) is 0 Å². The molecule has 22 heavy (non-hydrogen) atoms. The van der Waals surface area contributed by atoms with E-state index in [0.717, 1.165) is 12.8 Å². The summed E-state index contributed by atoms with van der Waals surface area (Å²) in [5, 5.41) is 14.3. The van der Waals surface area contributed by atoms with Gasteiger partial charge < -0.3 is 20.5 Å². The number of aliphatic carboxylic acids is 1. The molecule has 1 aliphatic rings. The summed E-state index contributed by atoms with van der Waals surface area (Å²) in [6.07, 6.45) is 1.53. The number of amides is 1. The second kappa shape index (κ2) is 7.86. The van der Waals surface area contributed by atoms with Crippen molar-refractivity contribution in [3.05, 3.63) is 30.1 Å². The van der Waals surface area contributed by atoms with Gasteiger partial charge in [-0.2, -0.15) is 0 Å². The molecule has 6 nitrogen and oxygen atoms in total. The van der Waals surface area contributed by atoms with Gasteiger partial charge in [-0.3, -0.25) is 9.59 Å². The van der Waals surface area contributed by atoms with Crippen LogP contribution in [0, 0.1) is 5.82 Å². The number of nitrogens with one attached hydrogen (secondary N) is 2. The first-order chi connectivity index (χ1) is 10.6. The summed E-state index contributed by atoms with van der Waals surface area (Å²) >= 11 is 0. The van der Waals surface area contributed by atoms with E-state index in [1.54, 1.807) is 6.07 Å². The number of carbonyl (C=O) groups excluding carboxylic acids is 1. The van der Waals surface area contributed by atoms with Crippen LogP contribution in [0.2, 0.25) is 0 Å². The van der Waals surface area contributed by atoms with Gasteiger partial charge in [0.1, 0.15) is 11.9 Å². The molecule has 0 saturated carbocycles. The van der Waals surface area contributed by atoms with Crippen molar-refractivity contribution in [3.63, 3.8) is 0 Å². The Kier molecular flexibility index (Phi) is 5.85. The average molecular weight is 310 g/mol. The fourth-order valence-corrected chi connectivity index (χ4v) is 2.28. The van der Waals surface area contributed by atoms with E-state index in [1.807, 2.05) is 0 Å². The number of carbonyl (C=O) groups is 2. The van der Waals surface area contributed by atoms with Crippen LogP contribution in [0.5, 0.6) is 0 Å². The third-order valence-electron chi connectivity index (χ3n) is 3.45. The molecule has 1 aromatic rings. The van der Waals surface area contributed by atoms with E-state index in [-0.39, 0.29) is 18.2 Å². The first-order valence-corrected chi connectivity index (χ1v) is 7.18. The lowest BCUT2D eigenvalue weighted by atomic mass is 10.1. The van der Waals surface area contributed by atoms with Crippen molar-refractivity contribution in [1.82, 2.24) is 5.32 Å². The maximum Gasteiger partial charge on any atom is 0.321 e. The molecule has 1 saturated heterocycles. The van der Waals surface area contributed by atoms with Crippen molar-refractivity contribution in [2.24, 2.45) is 0 Å². The maximum absolute atomic E-state index is 13.4. The highest BCUT2D eigenvalue weighted by Gasteiger charge is 2.24. The van der Waals surface area contributed by atoms with Crippen molar-refractivity contribution in [2.75, 3.05) is 18.5 Å². The Morgan fingerprint density at radius 3 is 2.82 bits per heavy atom. The Hall–Kier alpha value is -1.99. The van der Waals surface area contributed by atoms with Crippen molar-refractivity contribution in [2.45, 2.75) is 31.4 Å². The summed E-state index contributed by atoms with van der Waals surface area (Å²) in [6, 6.07) is 4.70. The first-order valence-electron chi connectivity index (χ1n) is 7.18. The van der Waals surface area contributed by atoms with Crippen molar-refractivity contribution >= 4 is 17.6 Å². The second-order valence-electron chi connectivity index (χ2n) is 5.17. The van der Waals surface area contributed by atoms with E-state index >= 15 is 0 Å². The molecular formula is C15H19FN2O4. The number of para-hydroxylation sites is 1. The smallest absolute Gasteiger partial charge is 0.321 e. The molecule has 0 spiro atoms. The molecule has 7 heteroatoms. The predicted octanol–water partition coefficient (Wildman–Crippen LogP) is 1.38. The summed E-state index contributed by atoms with van der Waals surface area (Å²) < 4.78 is 18.8. The molecule has 1 aromatic carbocycles. The van der Waals surface area contributed by atoms with Gasteiger partial charge in [-0.1, -0.05) is 12.1 Å². The van der Waals surface area contributed by atoms with Gasteiger partial charge in [-0.15, -0.1) is 0 Å². The van der Waals surface area contributed by atoms with Gasteiger partial charge in [0, 0.05) is 13.2 Å². The highest BCUT2D eigenvalue weighted by Crippen LogP contribution is 2.14. The quantitative estimate of drug-likeness (QED) is 0.708. The topological polar surface area (TPSA) is 87.7 Å². The van der Waals surface area contributed by atoms with Gasteiger partial charge in [0.15, 0.2) is 0 Å². The van der Waals surface area contributed by atoms with Crippen LogP contribution in [0.1, 0.15) is 19.3 Å². The summed E-state index contributed by atoms with van der Waals surface area (Å²) in [6.45, 7) is 1.06. The second-order valence-corrected chi connectivity index (χ2v) is 5.17. The zero-order valence-corrected chi connectivity index (χ0v) is 12.0. The molecule has 0 aliphatic carbocycles. The molecule has 0 aromatic heterocycles. The third kappa shape index (κ3) is 4.78. The zero-order chi connectivity index (χ0) is 15.9. The summed E-state index contributed by atoms with van der Waals surface area (Å²) in [7, 11) is 0. The van der Waals surface area contributed by atoms with Crippen LogP contribution in [0.15, 0.2) is 24.3 Å². The molecule has 0 unspecified atom stereocenters. The van der Waals surface area contributed by atoms with E-state index in [0.29, 0.717) is 13.2 Å². The summed E-state index contributed by atoms with van der Waals surface area (Å²) in [5.41, 5.74) is 0.0377. The number of anilines is 1. The Bertz CT molecular complexity index is 532. The van der Waals surface area contributed by atoms with E-state index in [9.17, 15) is 14.0 Å². The Labute approximate surface area is 127 Å². The van der Waals surface area contributed by atoms with Crippen molar-refractivity contribution in [1.29, 1.82) is 0 Å². The summed E-state index contributed by atoms with van der Waals surface area (Å²) in [5.74, 6) is -2.24. The lowest BCUT2D eigenvalue weighted by molar-refractivity contribution is -0.141. The third-order valence-corrected chi connectivity index (χ3v) is 3.45. The summed E-state index contributed by atoms with van der Waals surface area (Å²) in [4.78, 5) is 23.1. The van der Waals surface area contributed by atoms with Crippen LogP contribution >= 0.6 is 0 Å². The van der Waals surface area contributed by atoms with Crippen LogP contribution in [0.4, 0.5) is 10.1 Å². The molecule has 2 atom stereocenters. The van der Waals surface area contributed by atoms with Crippen LogP contribution in [-0.4, -0.2) is 42.3 Å². The number of carboxylic acids is 1. The number of rotatable bonds is 7. The first kappa shape index (κ1) is 16.4. The SMILES string of the molecule is O=C(C[C@@H](NC[C@@H]1CCCO1)C(=O)O)Nc1ccccc1F. The minimum atomic E-state index is -1.12. The molecule has 0 radical (unpaired) electrons. The monoisotopic (exact) mass is 310 g/mol. The maximum atomic E-state index is 13.4. The van der Waals surface area contributed by atoms with Gasteiger partial charge in [0.05, 0.1) is 18.2 Å². The number of hydrogen-bond donors (Lipinski definition) is 3. The van der Waals surface area contributed by atoms with E-state index in [2.05, 4.69) is 10.6 Å². The number of carboxylic acid groups (broad SMARTS) is 1. The lowest BCUT2D eigenvalue weighted by Crippen LogP contribution is -2.43. The van der Waals surface area contributed by atoms with Gasteiger partial charge in [0.2, 0.25) is 5.91 Å². The molecule has 1 amide bonds. The number of benzene rings is 1. The fraction of sp³-hybridized carbons (Fsp3) is 0.467. The Morgan fingerprint density at radius 1 is 1.41 bits per heavy atom. The largest absolute Gasteiger partial charge is 0.480 e. The standard InChI is InChI=1S/C15H19FN2O4/c16-11-5-1-2-6-12(11)18-14(19)8-13(15(20)21)17-9-10-4-3-7-22-10/h1-2,5-6,10,13,17H,3-4,7-9H2,(H,18,19)(H,20,21)/t10-,13+/m0/s1. The van der Waals surface area contributed by atoms with Gasteiger partial charge in [-0.05, 0) is 25.0 Å². The number of ether oxygens (including phenoxy) is 1. The van der Waals surface area contributed by atoms with Gasteiger partial charge >= 0.3 is 5.97 Å². The van der Waals surface area contributed by atoms with E-state index < -0.39 is 23.7 Å². The van der Waals surface area contributed by atoms with E-state index in [4.69, 9.17) is 9.84 Å². The average Bonchev–Trinajstić information content (AvgIpc) is 2.99. The molecule has 3 N–H and O–H groups in total. The number of hydrogen-bond acceptors (Lipinski definition) is 4. The van der Waals surface area contributed by atoms with Gasteiger partial charge in [0.25, 0.3) is 0 Å². The molecule has 0 bridgehead atoms. The predicted molar refractivity (Wildman–Crippen MR) is 78.0 cm³/mol. The van der Waals surface area contributed by atoms with E-state index in [1.165, 1.54) is 18.2 Å². The van der Waals surface area contributed by atoms with Crippen LogP contribution in [-0.2, 0) is 14.3 Å². The zero-order valence-electron chi connectivity index (χ0n) is 12.0. The van der Waals surface area contributed by atoms with Crippen LogP contribution < -0.4 is 10.6 Å². The fourth-order valence-electron chi connectivity index (χ4n) is 2.28. The van der Waals surface area contributed by atoms with Crippen LogP contribution in [0.3, 0.4) is 0 Å². The minimum absolute atomic E-state index is 0.0171. The van der Waals surface area contributed by atoms with Crippen molar-refractivity contribution < 1.29 is 23.8 Å².